The minimum absolute atomic E-state index is 0.123. The molecule has 8 nitrogen and oxygen atoms in total. The van der Waals surface area contributed by atoms with Crippen molar-refractivity contribution in [3.63, 3.8) is 0 Å². The summed E-state index contributed by atoms with van der Waals surface area (Å²) >= 11 is 3.50. The third-order valence-corrected chi connectivity index (χ3v) is 4.59. The molecule has 0 aliphatic carbocycles. The molecule has 1 amide bonds. The van der Waals surface area contributed by atoms with E-state index in [1.54, 1.807) is 18.5 Å². The fourth-order valence-corrected chi connectivity index (χ4v) is 2.52. The van der Waals surface area contributed by atoms with Crippen molar-refractivity contribution in [2.75, 3.05) is 6.54 Å². The quantitative estimate of drug-likeness (QED) is 0.680. The fraction of sp³-hybridized carbons (Fsp3) is 0.357. The molecular weight excluding hydrogens is 362 g/mol. The van der Waals surface area contributed by atoms with Crippen molar-refractivity contribution in [1.29, 1.82) is 0 Å². The molecule has 1 N–H and O–H groups in total. The molecule has 0 saturated carbocycles. The third kappa shape index (κ3) is 3.24. The lowest BCUT2D eigenvalue weighted by atomic mass is 10.3. The molecule has 0 atom stereocenters. The van der Waals surface area contributed by atoms with Crippen molar-refractivity contribution in [2.45, 2.75) is 26.8 Å². The standard InChI is InChI=1S/C14H16BrN7O/c1-9-11(15)10(2)21(19-9)7-3-5-16-13(23)12-18-14-17-6-4-8-22(14)20-12/h4,6,8H,3,5,7H2,1-2H3,(H,16,23). The zero-order valence-electron chi connectivity index (χ0n) is 12.8. The topological polar surface area (TPSA) is 90.0 Å². The van der Waals surface area contributed by atoms with E-state index in [1.165, 1.54) is 4.52 Å². The predicted octanol–water partition coefficient (Wildman–Crippen LogP) is 1.52. The summed E-state index contributed by atoms with van der Waals surface area (Å²) in [6.45, 7) is 5.23. The number of nitrogens with zero attached hydrogens (tertiary/aromatic N) is 6. The van der Waals surface area contributed by atoms with Crippen LogP contribution in [0.5, 0.6) is 0 Å². The summed E-state index contributed by atoms with van der Waals surface area (Å²) in [5, 5.41) is 11.3. The molecule has 120 valence electrons. The number of rotatable bonds is 5. The summed E-state index contributed by atoms with van der Waals surface area (Å²) < 4.78 is 4.43. The highest BCUT2D eigenvalue weighted by Gasteiger charge is 2.13. The van der Waals surface area contributed by atoms with Crippen LogP contribution in [0.15, 0.2) is 22.9 Å². The number of nitrogens with one attached hydrogen (secondary N) is 1. The Hall–Kier alpha value is -2.29. The average molecular weight is 378 g/mol. The largest absolute Gasteiger partial charge is 0.349 e. The lowest BCUT2D eigenvalue weighted by Gasteiger charge is -2.05. The summed E-state index contributed by atoms with van der Waals surface area (Å²) in [7, 11) is 0. The van der Waals surface area contributed by atoms with Crippen molar-refractivity contribution in [1.82, 2.24) is 34.7 Å². The molecular formula is C14H16BrN7O. The highest BCUT2D eigenvalue weighted by Crippen LogP contribution is 2.19. The van der Waals surface area contributed by atoms with Crippen molar-refractivity contribution >= 4 is 27.6 Å². The van der Waals surface area contributed by atoms with E-state index in [9.17, 15) is 4.79 Å². The van der Waals surface area contributed by atoms with Gasteiger partial charge in [-0.1, -0.05) is 0 Å². The van der Waals surface area contributed by atoms with Crippen LogP contribution >= 0.6 is 15.9 Å². The Bertz CT molecular complexity index is 821. The van der Waals surface area contributed by atoms with Crippen LogP contribution in [0.3, 0.4) is 0 Å². The van der Waals surface area contributed by atoms with Crippen LogP contribution in [0.2, 0.25) is 0 Å². The van der Waals surface area contributed by atoms with Crippen LogP contribution in [0.1, 0.15) is 28.4 Å². The second-order valence-electron chi connectivity index (χ2n) is 5.12. The Kier molecular flexibility index (Phi) is 4.37. The van der Waals surface area contributed by atoms with Gasteiger partial charge in [0.25, 0.3) is 11.7 Å². The van der Waals surface area contributed by atoms with E-state index in [1.807, 2.05) is 18.5 Å². The SMILES string of the molecule is Cc1nn(CCCNC(=O)c2nc3ncccn3n2)c(C)c1Br. The molecule has 0 aliphatic heterocycles. The summed E-state index contributed by atoms with van der Waals surface area (Å²) in [4.78, 5) is 20.2. The fourth-order valence-electron chi connectivity index (χ4n) is 2.23. The van der Waals surface area contributed by atoms with Crippen LogP contribution < -0.4 is 5.32 Å². The first-order valence-electron chi connectivity index (χ1n) is 7.21. The number of aryl methyl sites for hydroxylation is 2. The zero-order chi connectivity index (χ0) is 16.4. The van der Waals surface area contributed by atoms with Crippen molar-refractivity contribution in [2.24, 2.45) is 0 Å². The van der Waals surface area contributed by atoms with Gasteiger partial charge in [0.05, 0.1) is 10.2 Å². The second kappa shape index (κ2) is 6.45. The van der Waals surface area contributed by atoms with Crippen molar-refractivity contribution < 1.29 is 4.79 Å². The van der Waals surface area contributed by atoms with Gasteiger partial charge in [-0.2, -0.15) is 10.1 Å². The van der Waals surface area contributed by atoms with E-state index in [4.69, 9.17) is 0 Å². The molecule has 0 fully saturated rings. The van der Waals surface area contributed by atoms with Gasteiger partial charge < -0.3 is 5.32 Å². The van der Waals surface area contributed by atoms with Crippen LogP contribution in [0.4, 0.5) is 0 Å². The van der Waals surface area contributed by atoms with Gasteiger partial charge in [-0.25, -0.2) is 9.50 Å². The van der Waals surface area contributed by atoms with Crippen LogP contribution in [0, 0.1) is 13.8 Å². The van der Waals surface area contributed by atoms with Gasteiger partial charge >= 0.3 is 0 Å². The van der Waals surface area contributed by atoms with Crippen LogP contribution in [-0.2, 0) is 6.54 Å². The Morgan fingerprint density at radius 1 is 1.35 bits per heavy atom. The molecule has 3 aromatic heterocycles. The number of hydrogen-bond acceptors (Lipinski definition) is 5. The second-order valence-corrected chi connectivity index (χ2v) is 5.91. The number of amides is 1. The molecule has 0 radical (unpaired) electrons. The lowest BCUT2D eigenvalue weighted by Crippen LogP contribution is -2.26. The lowest BCUT2D eigenvalue weighted by molar-refractivity contribution is 0.0942. The van der Waals surface area contributed by atoms with E-state index in [0.717, 1.165) is 28.8 Å². The minimum Gasteiger partial charge on any atom is -0.349 e. The number of halogens is 1. The molecule has 9 heteroatoms. The Labute approximate surface area is 141 Å². The maximum absolute atomic E-state index is 12.0. The normalized spacial score (nSPS) is 11.1. The Balaban J connectivity index is 1.54. The number of hydrogen-bond donors (Lipinski definition) is 1. The molecule has 3 rings (SSSR count). The van der Waals surface area contributed by atoms with Gasteiger partial charge in [0.15, 0.2) is 0 Å². The highest BCUT2D eigenvalue weighted by atomic mass is 79.9. The van der Waals surface area contributed by atoms with Gasteiger partial charge in [-0.15, -0.1) is 5.10 Å². The first kappa shape index (κ1) is 15.6. The van der Waals surface area contributed by atoms with E-state index in [0.29, 0.717) is 12.3 Å². The smallest absolute Gasteiger partial charge is 0.291 e. The summed E-state index contributed by atoms with van der Waals surface area (Å²) in [6.07, 6.45) is 4.08. The number of carbonyl (C=O) groups excluding carboxylic acids is 1. The van der Waals surface area contributed by atoms with Gasteiger partial charge in [-0.05, 0) is 42.3 Å². The van der Waals surface area contributed by atoms with Crippen molar-refractivity contribution in [3.05, 3.63) is 40.1 Å². The number of carbonyl (C=O) groups is 1. The molecule has 0 spiro atoms. The Morgan fingerprint density at radius 2 is 2.17 bits per heavy atom. The van der Waals surface area contributed by atoms with E-state index in [-0.39, 0.29) is 11.7 Å². The monoisotopic (exact) mass is 377 g/mol. The van der Waals surface area contributed by atoms with Crippen LogP contribution in [0.25, 0.3) is 5.78 Å². The van der Waals surface area contributed by atoms with Crippen molar-refractivity contribution in [3.8, 4) is 0 Å². The first-order chi connectivity index (χ1) is 11.1. The minimum atomic E-state index is -0.301. The van der Waals surface area contributed by atoms with Gasteiger partial charge in [0.1, 0.15) is 0 Å². The molecule has 0 unspecified atom stereocenters. The molecule has 0 bridgehead atoms. The van der Waals surface area contributed by atoms with E-state index < -0.39 is 0 Å². The summed E-state index contributed by atoms with van der Waals surface area (Å²) in [6, 6.07) is 1.73. The molecule has 0 aliphatic rings. The van der Waals surface area contributed by atoms with E-state index in [2.05, 4.69) is 41.4 Å². The number of fused-ring (bicyclic) bond motifs is 1. The van der Waals surface area contributed by atoms with E-state index >= 15 is 0 Å². The van der Waals surface area contributed by atoms with Crippen LogP contribution in [-0.4, -0.2) is 41.8 Å². The third-order valence-electron chi connectivity index (χ3n) is 3.45. The van der Waals surface area contributed by atoms with Gasteiger partial charge in [-0.3, -0.25) is 9.48 Å². The summed E-state index contributed by atoms with van der Waals surface area (Å²) in [5.74, 6) is 0.229. The maximum atomic E-state index is 12.0. The average Bonchev–Trinajstić information content (AvgIpc) is 3.08. The molecule has 23 heavy (non-hydrogen) atoms. The number of aromatic nitrogens is 6. The molecule has 3 aromatic rings. The predicted molar refractivity (Wildman–Crippen MR) is 87.1 cm³/mol. The highest BCUT2D eigenvalue weighted by molar-refractivity contribution is 9.10. The van der Waals surface area contributed by atoms with Gasteiger partial charge in [0.2, 0.25) is 5.82 Å². The first-order valence-corrected chi connectivity index (χ1v) is 8.00. The molecule has 3 heterocycles. The summed E-state index contributed by atoms with van der Waals surface area (Å²) in [5.41, 5.74) is 2.05. The van der Waals surface area contributed by atoms with Gasteiger partial charge in [0, 0.05) is 31.2 Å². The Morgan fingerprint density at radius 3 is 2.87 bits per heavy atom. The molecule has 0 aromatic carbocycles. The maximum Gasteiger partial charge on any atom is 0.291 e. The zero-order valence-corrected chi connectivity index (χ0v) is 14.4. The molecule has 0 saturated heterocycles.